The normalized spacial score (nSPS) is 18.0. The van der Waals surface area contributed by atoms with Gasteiger partial charge in [0.05, 0.1) is 12.4 Å². The highest BCUT2D eigenvalue weighted by Crippen LogP contribution is 2.25. The van der Waals surface area contributed by atoms with E-state index in [1.165, 1.54) is 0 Å². The molecule has 4 nitrogen and oxygen atoms in total. The molecule has 1 aromatic heterocycles. The number of rotatable bonds is 4. The summed E-state index contributed by atoms with van der Waals surface area (Å²) in [5, 5.41) is 0. The molecule has 2 heterocycles. The second-order valence-electron chi connectivity index (χ2n) is 5.18. The molecular weight excluding hydrogens is 269 g/mol. The van der Waals surface area contributed by atoms with Crippen molar-refractivity contribution >= 4 is 11.7 Å². The molecule has 1 aliphatic rings. The highest BCUT2D eigenvalue weighted by molar-refractivity contribution is 5.96. The van der Waals surface area contributed by atoms with Crippen LogP contribution in [0.5, 0.6) is 0 Å². The van der Waals surface area contributed by atoms with Gasteiger partial charge in [0.25, 0.3) is 0 Å². The lowest BCUT2D eigenvalue weighted by molar-refractivity contribution is 0.0974. The van der Waals surface area contributed by atoms with E-state index >= 15 is 0 Å². The maximum absolute atomic E-state index is 12.9. The number of anilines is 1. The maximum atomic E-state index is 12.9. The van der Waals surface area contributed by atoms with Gasteiger partial charge in [0.2, 0.25) is 5.95 Å². The molecule has 1 atom stereocenters. The lowest BCUT2D eigenvalue weighted by Gasteiger charge is -2.23. The van der Waals surface area contributed by atoms with Crippen molar-refractivity contribution in [1.29, 1.82) is 0 Å². The predicted octanol–water partition coefficient (Wildman–Crippen LogP) is 2.86. The Morgan fingerprint density at radius 1 is 1.24 bits per heavy atom. The maximum Gasteiger partial charge on any atom is 0.225 e. The van der Waals surface area contributed by atoms with Gasteiger partial charge >= 0.3 is 0 Å². The van der Waals surface area contributed by atoms with Crippen LogP contribution in [0.1, 0.15) is 29.6 Å². The topological polar surface area (TPSA) is 46.1 Å². The number of halogens is 1. The number of ketones is 1. The monoisotopic (exact) mass is 285 g/mol. The van der Waals surface area contributed by atoms with Gasteiger partial charge in [-0.3, -0.25) is 4.79 Å². The predicted molar refractivity (Wildman–Crippen MR) is 77.7 cm³/mol. The van der Waals surface area contributed by atoms with E-state index in [9.17, 15) is 9.18 Å². The van der Waals surface area contributed by atoms with Crippen LogP contribution in [0.25, 0.3) is 0 Å². The quantitative estimate of drug-likeness (QED) is 0.810. The Labute approximate surface area is 122 Å². The van der Waals surface area contributed by atoms with Crippen LogP contribution in [-0.4, -0.2) is 28.3 Å². The third kappa shape index (κ3) is 3.07. The highest BCUT2D eigenvalue weighted by Gasteiger charge is 2.28. The number of Topliss-reactive ketones (excluding diaryl/α,β-unsaturated/α-hetero) is 1. The second kappa shape index (κ2) is 5.99. The highest BCUT2D eigenvalue weighted by atomic mass is 19.1. The molecule has 5 heteroatoms. The van der Waals surface area contributed by atoms with Crippen molar-refractivity contribution in [3.05, 3.63) is 54.1 Å². The minimum Gasteiger partial charge on any atom is -0.337 e. The molecule has 0 amide bonds. The van der Waals surface area contributed by atoms with Crippen LogP contribution < -0.4 is 4.90 Å². The number of carbonyl (C=O) groups excluding carboxylic acids is 1. The molecular formula is C16H16FN3O. The molecule has 21 heavy (non-hydrogen) atoms. The number of nitrogens with zero attached hydrogens (tertiary/aromatic N) is 3. The van der Waals surface area contributed by atoms with Crippen LogP contribution in [0.3, 0.4) is 0 Å². The molecule has 1 fully saturated rings. The van der Waals surface area contributed by atoms with Gasteiger partial charge in [0, 0.05) is 24.6 Å². The minimum absolute atomic E-state index is 0.0863. The van der Waals surface area contributed by atoms with E-state index in [0.717, 1.165) is 37.3 Å². The first-order valence-corrected chi connectivity index (χ1v) is 7.06. The van der Waals surface area contributed by atoms with E-state index in [0.29, 0.717) is 12.4 Å². The molecule has 0 saturated carbocycles. The first-order valence-electron chi connectivity index (χ1n) is 7.06. The van der Waals surface area contributed by atoms with Gasteiger partial charge in [0.15, 0.2) is 11.6 Å². The van der Waals surface area contributed by atoms with Crippen molar-refractivity contribution in [2.24, 2.45) is 0 Å². The molecule has 0 bridgehead atoms. The Bertz CT molecular complexity index is 615. The summed E-state index contributed by atoms with van der Waals surface area (Å²) in [5.41, 5.74) is 0.726. The molecule has 108 valence electrons. The minimum atomic E-state index is -0.449. The molecule has 0 aliphatic carbocycles. The van der Waals surface area contributed by atoms with Gasteiger partial charge in [0.1, 0.15) is 0 Å². The summed E-state index contributed by atoms with van der Waals surface area (Å²) >= 11 is 0. The molecule has 1 unspecified atom stereocenters. The number of hydrogen-bond acceptors (Lipinski definition) is 4. The van der Waals surface area contributed by atoms with Crippen LogP contribution in [0.4, 0.5) is 10.3 Å². The van der Waals surface area contributed by atoms with Crippen molar-refractivity contribution < 1.29 is 9.18 Å². The Morgan fingerprint density at radius 3 is 2.67 bits per heavy atom. The largest absolute Gasteiger partial charge is 0.337 e. The third-order valence-corrected chi connectivity index (χ3v) is 3.76. The van der Waals surface area contributed by atoms with E-state index in [1.807, 2.05) is 35.2 Å². The Balaban J connectivity index is 1.72. The molecule has 2 aromatic rings. The van der Waals surface area contributed by atoms with E-state index in [1.54, 1.807) is 0 Å². The summed E-state index contributed by atoms with van der Waals surface area (Å²) in [6.07, 6.45) is 4.69. The molecule has 1 aromatic carbocycles. The SMILES string of the molecule is O=C(CC1CCCN1c1ncc(F)cn1)c1ccccc1. The fourth-order valence-corrected chi connectivity index (χ4v) is 2.72. The first kappa shape index (κ1) is 13.7. The Morgan fingerprint density at radius 2 is 1.95 bits per heavy atom. The van der Waals surface area contributed by atoms with Crippen LogP contribution >= 0.6 is 0 Å². The van der Waals surface area contributed by atoms with Gasteiger partial charge in [-0.25, -0.2) is 14.4 Å². The summed E-state index contributed by atoms with van der Waals surface area (Å²) in [7, 11) is 0. The number of aromatic nitrogens is 2. The smallest absolute Gasteiger partial charge is 0.225 e. The molecule has 0 N–H and O–H groups in total. The van der Waals surface area contributed by atoms with Crippen molar-refractivity contribution in [3.8, 4) is 0 Å². The summed E-state index contributed by atoms with van der Waals surface area (Å²) in [6.45, 7) is 0.804. The zero-order valence-electron chi connectivity index (χ0n) is 11.6. The van der Waals surface area contributed by atoms with Crippen molar-refractivity contribution in [2.45, 2.75) is 25.3 Å². The Kier molecular flexibility index (Phi) is 3.90. The van der Waals surface area contributed by atoms with Gasteiger partial charge in [-0.15, -0.1) is 0 Å². The molecule has 1 aliphatic heterocycles. The average Bonchev–Trinajstić information content (AvgIpc) is 2.97. The average molecular weight is 285 g/mol. The van der Waals surface area contributed by atoms with Crippen molar-refractivity contribution in [1.82, 2.24) is 9.97 Å². The van der Waals surface area contributed by atoms with Crippen molar-refractivity contribution in [2.75, 3.05) is 11.4 Å². The lowest BCUT2D eigenvalue weighted by atomic mass is 10.0. The van der Waals surface area contributed by atoms with Crippen LogP contribution in [0.2, 0.25) is 0 Å². The van der Waals surface area contributed by atoms with E-state index in [-0.39, 0.29) is 11.8 Å². The zero-order chi connectivity index (χ0) is 14.7. The number of benzene rings is 1. The lowest BCUT2D eigenvalue weighted by Crippen LogP contribution is -2.32. The number of hydrogen-bond donors (Lipinski definition) is 0. The summed E-state index contributed by atoms with van der Waals surface area (Å²) in [6, 6.07) is 9.37. The summed E-state index contributed by atoms with van der Waals surface area (Å²) < 4.78 is 12.9. The van der Waals surface area contributed by atoms with Crippen LogP contribution in [0.15, 0.2) is 42.7 Å². The molecule has 3 rings (SSSR count). The van der Waals surface area contributed by atoms with Gasteiger partial charge in [-0.1, -0.05) is 30.3 Å². The van der Waals surface area contributed by atoms with Gasteiger partial charge < -0.3 is 4.90 Å². The van der Waals surface area contributed by atoms with Crippen LogP contribution in [0, 0.1) is 5.82 Å². The summed E-state index contributed by atoms with van der Waals surface area (Å²) in [5.74, 6) is 0.171. The third-order valence-electron chi connectivity index (χ3n) is 3.76. The standard InChI is InChI=1S/C16H16FN3O/c17-13-10-18-16(19-11-13)20-8-4-7-14(20)9-15(21)12-5-2-1-3-6-12/h1-3,5-6,10-11,14H,4,7-9H2. The van der Waals surface area contributed by atoms with Gasteiger partial charge in [-0.2, -0.15) is 0 Å². The van der Waals surface area contributed by atoms with Crippen LogP contribution in [-0.2, 0) is 0 Å². The zero-order valence-corrected chi connectivity index (χ0v) is 11.6. The first-order chi connectivity index (χ1) is 10.2. The Hall–Kier alpha value is -2.30. The van der Waals surface area contributed by atoms with Gasteiger partial charge in [-0.05, 0) is 12.8 Å². The molecule has 0 spiro atoms. The van der Waals surface area contributed by atoms with E-state index in [4.69, 9.17) is 0 Å². The molecule has 1 saturated heterocycles. The second-order valence-corrected chi connectivity index (χ2v) is 5.18. The van der Waals surface area contributed by atoms with E-state index < -0.39 is 5.82 Å². The fraction of sp³-hybridized carbons (Fsp3) is 0.312. The number of carbonyl (C=O) groups is 1. The fourth-order valence-electron chi connectivity index (χ4n) is 2.72. The summed E-state index contributed by atoms with van der Waals surface area (Å²) in [4.78, 5) is 22.3. The molecule has 0 radical (unpaired) electrons. The van der Waals surface area contributed by atoms with Crippen molar-refractivity contribution in [3.63, 3.8) is 0 Å². The van der Waals surface area contributed by atoms with E-state index in [2.05, 4.69) is 9.97 Å².